The number of fused-ring (bicyclic) bond motifs is 1. The zero-order chi connectivity index (χ0) is 12.8. The molecule has 0 radical (unpaired) electrons. The van der Waals surface area contributed by atoms with E-state index in [1.54, 1.807) is 0 Å². The molecule has 0 bridgehead atoms. The molecule has 2 heteroatoms. The Morgan fingerprint density at radius 3 is 2.72 bits per heavy atom. The number of nitrogens with two attached hydrogens (primary N) is 1. The van der Waals surface area contributed by atoms with Crippen LogP contribution in [-0.2, 0) is 6.54 Å². The first kappa shape index (κ1) is 13.1. The highest BCUT2D eigenvalue weighted by atomic mass is 14.8. The third-order valence-corrected chi connectivity index (χ3v) is 3.41. The number of nitrogens with one attached hydrogen (secondary N) is 1. The van der Waals surface area contributed by atoms with Crippen molar-refractivity contribution >= 4 is 10.8 Å². The van der Waals surface area contributed by atoms with Crippen molar-refractivity contribution in [2.75, 3.05) is 13.1 Å². The molecule has 0 heterocycles. The van der Waals surface area contributed by atoms with Crippen molar-refractivity contribution < 1.29 is 0 Å². The van der Waals surface area contributed by atoms with Gasteiger partial charge in [0.05, 0.1) is 0 Å². The van der Waals surface area contributed by atoms with Gasteiger partial charge in [-0.05, 0) is 41.8 Å². The van der Waals surface area contributed by atoms with Gasteiger partial charge in [0, 0.05) is 6.54 Å². The van der Waals surface area contributed by atoms with E-state index in [1.165, 1.54) is 16.3 Å². The van der Waals surface area contributed by atoms with E-state index < -0.39 is 0 Å². The molecule has 0 fully saturated rings. The molecule has 2 aromatic rings. The number of hydrogen-bond acceptors (Lipinski definition) is 2. The Labute approximate surface area is 109 Å². The highest BCUT2D eigenvalue weighted by Gasteiger charge is 2.01. The van der Waals surface area contributed by atoms with E-state index in [9.17, 15) is 0 Å². The van der Waals surface area contributed by atoms with Crippen molar-refractivity contribution in [3.05, 3.63) is 48.0 Å². The smallest absolute Gasteiger partial charge is 0.0211 e. The van der Waals surface area contributed by atoms with Crippen LogP contribution in [0.4, 0.5) is 0 Å². The average molecular weight is 242 g/mol. The Morgan fingerprint density at radius 2 is 1.89 bits per heavy atom. The quantitative estimate of drug-likeness (QED) is 0.764. The van der Waals surface area contributed by atoms with Gasteiger partial charge < -0.3 is 11.1 Å². The fraction of sp³-hybridized carbons (Fsp3) is 0.375. The first-order valence-corrected chi connectivity index (χ1v) is 6.68. The summed E-state index contributed by atoms with van der Waals surface area (Å²) in [7, 11) is 0. The first-order valence-electron chi connectivity index (χ1n) is 6.68. The predicted octanol–water partition coefficient (Wildman–Crippen LogP) is 2.91. The Hall–Kier alpha value is -1.38. The number of hydrogen-bond donors (Lipinski definition) is 2. The standard InChI is InChI=1S/C16H22N2/c1-13(11-17)9-10-18-12-15-7-4-6-14-5-2-3-8-16(14)15/h2-8,13,18H,9-12,17H2,1H3. The van der Waals surface area contributed by atoms with Crippen LogP contribution in [0.2, 0.25) is 0 Å². The van der Waals surface area contributed by atoms with E-state index in [1.807, 2.05) is 0 Å². The van der Waals surface area contributed by atoms with Gasteiger partial charge in [0.15, 0.2) is 0 Å². The molecule has 96 valence electrons. The normalized spacial score (nSPS) is 12.8. The largest absolute Gasteiger partial charge is 0.330 e. The van der Waals surface area contributed by atoms with Crippen molar-refractivity contribution in [2.45, 2.75) is 19.9 Å². The summed E-state index contributed by atoms with van der Waals surface area (Å²) in [6.07, 6.45) is 1.14. The minimum Gasteiger partial charge on any atom is -0.330 e. The topological polar surface area (TPSA) is 38.0 Å². The van der Waals surface area contributed by atoms with Gasteiger partial charge in [-0.15, -0.1) is 0 Å². The molecule has 0 saturated heterocycles. The van der Waals surface area contributed by atoms with Crippen LogP contribution < -0.4 is 11.1 Å². The molecule has 1 atom stereocenters. The highest BCUT2D eigenvalue weighted by molar-refractivity contribution is 5.85. The lowest BCUT2D eigenvalue weighted by Gasteiger charge is -2.10. The van der Waals surface area contributed by atoms with Crippen LogP contribution in [0.3, 0.4) is 0 Å². The van der Waals surface area contributed by atoms with Crippen LogP contribution in [0, 0.1) is 5.92 Å². The monoisotopic (exact) mass is 242 g/mol. The predicted molar refractivity (Wildman–Crippen MR) is 78.5 cm³/mol. The molecule has 2 rings (SSSR count). The van der Waals surface area contributed by atoms with Gasteiger partial charge >= 0.3 is 0 Å². The molecule has 18 heavy (non-hydrogen) atoms. The molecular formula is C16H22N2. The molecule has 2 nitrogen and oxygen atoms in total. The Kier molecular flexibility index (Phi) is 4.73. The van der Waals surface area contributed by atoms with Crippen LogP contribution in [-0.4, -0.2) is 13.1 Å². The van der Waals surface area contributed by atoms with Crippen molar-refractivity contribution in [1.29, 1.82) is 0 Å². The van der Waals surface area contributed by atoms with E-state index in [0.717, 1.165) is 26.1 Å². The second kappa shape index (κ2) is 6.53. The fourth-order valence-corrected chi connectivity index (χ4v) is 2.14. The summed E-state index contributed by atoms with van der Waals surface area (Å²) >= 11 is 0. The molecule has 3 N–H and O–H groups in total. The lowest BCUT2D eigenvalue weighted by atomic mass is 10.0. The molecule has 0 saturated carbocycles. The Balaban J connectivity index is 1.95. The number of rotatable bonds is 6. The molecular weight excluding hydrogens is 220 g/mol. The zero-order valence-corrected chi connectivity index (χ0v) is 11.0. The molecule has 2 aromatic carbocycles. The Morgan fingerprint density at radius 1 is 1.11 bits per heavy atom. The van der Waals surface area contributed by atoms with Crippen LogP contribution in [0.5, 0.6) is 0 Å². The molecule has 0 aliphatic rings. The van der Waals surface area contributed by atoms with Gasteiger partial charge in [0.25, 0.3) is 0 Å². The molecule has 0 aromatic heterocycles. The first-order chi connectivity index (χ1) is 8.81. The molecule has 0 aliphatic carbocycles. The van der Waals surface area contributed by atoms with Crippen LogP contribution in [0.15, 0.2) is 42.5 Å². The average Bonchev–Trinajstić information content (AvgIpc) is 2.43. The third-order valence-electron chi connectivity index (χ3n) is 3.41. The van der Waals surface area contributed by atoms with Crippen LogP contribution >= 0.6 is 0 Å². The van der Waals surface area contributed by atoms with Gasteiger partial charge in [0.2, 0.25) is 0 Å². The van der Waals surface area contributed by atoms with E-state index in [2.05, 4.69) is 54.7 Å². The summed E-state index contributed by atoms with van der Waals surface area (Å²) in [6, 6.07) is 15.0. The lowest BCUT2D eigenvalue weighted by Crippen LogP contribution is -2.20. The van der Waals surface area contributed by atoms with E-state index >= 15 is 0 Å². The summed E-state index contributed by atoms with van der Waals surface area (Å²) in [5.74, 6) is 0.602. The maximum absolute atomic E-state index is 5.61. The zero-order valence-electron chi connectivity index (χ0n) is 11.0. The van der Waals surface area contributed by atoms with E-state index in [4.69, 9.17) is 5.73 Å². The minimum absolute atomic E-state index is 0.602. The maximum Gasteiger partial charge on any atom is 0.0211 e. The summed E-state index contributed by atoms with van der Waals surface area (Å²) in [5.41, 5.74) is 6.98. The van der Waals surface area contributed by atoms with E-state index in [0.29, 0.717) is 5.92 Å². The van der Waals surface area contributed by atoms with Gasteiger partial charge in [-0.25, -0.2) is 0 Å². The Bertz CT molecular complexity index is 488. The van der Waals surface area contributed by atoms with Gasteiger partial charge in [0.1, 0.15) is 0 Å². The second-order valence-corrected chi connectivity index (χ2v) is 4.94. The van der Waals surface area contributed by atoms with Crippen LogP contribution in [0.1, 0.15) is 18.9 Å². The van der Waals surface area contributed by atoms with Crippen molar-refractivity contribution in [3.8, 4) is 0 Å². The molecule has 0 amide bonds. The van der Waals surface area contributed by atoms with Gasteiger partial charge in [-0.2, -0.15) is 0 Å². The van der Waals surface area contributed by atoms with Crippen molar-refractivity contribution in [1.82, 2.24) is 5.32 Å². The van der Waals surface area contributed by atoms with Crippen LogP contribution in [0.25, 0.3) is 10.8 Å². The van der Waals surface area contributed by atoms with Gasteiger partial charge in [-0.3, -0.25) is 0 Å². The SMILES string of the molecule is CC(CN)CCNCc1cccc2ccccc12. The molecule has 0 spiro atoms. The maximum atomic E-state index is 5.61. The second-order valence-electron chi connectivity index (χ2n) is 4.94. The van der Waals surface area contributed by atoms with Gasteiger partial charge in [-0.1, -0.05) is 49.4 Å². The molecule has 0 aliphatic heterocycles. The number of benzene rings is 2. The minimum atomic E-state index is 0.602. The summed E-state index contributed by atoms with van der Waals surface area (Å²) < 4.78 is 0. The summed E-state index contributed by atoms with van der Waals surface area (Å²) in [4.78, 5) is 0. The van der Waals surface area contributed by atoms with Crippen molar-refractivity contribution in [2.24, 2.45) is 11.7 Å². The summed E-state index contributed by atoms with van der Waals surface area (Å²) in [5, 5.41) is 6.16. The fourth-order valence-electron chi connectivity index (χ4n) is 2.14. The summed E-state index contributed by atoms with van der Waals surface area (Å²) in [6.45, 7) is 4.93. The van der Waals surface area contributed by atoms with Crippen molar-refractivity contribution in [3.63, 3.8) is 0 Å². The molecule has 1 unspecified atom stereocenters. The third kappa shape index (κ3) is 3.31. The highest BCUT2D eigenvalue weighted by Crippen LogP contribution is 2.18. The van der Waals surface area contributed by atoms with E-state index in [-0.39, 0.29) is 0 Å². The lowest BCUT2D eigenvalue weighted by molar-refractivity contribution is 0.510.